The maximum absolute atomic E-state index is 12.3. The van der Waals surface area contributed by atoms with E-state index in [0.29, 0.717) is 38.9 Å². The predicted molar refractivity (Wildman–Crippen MR) is 93.2 cm³/mol. The zero-order chi connectivity index (χ0) is 17.6. The summed E-state index contributed by atoms with van der Waals surface area (Å²) in [5.74, 6) is 0.849. The molecule has 0 saturated carbocycles. The molecular weight excluding hydrogens is 328 g/mol. The summed E-state index contributed by atoms with van der Waals surface area (Å²) in [6, 6.07) is 7.55. The van der Waals surface area contributed by atoms with Crippen molar-refractivity contribution < 1.29 is 17.9 Å². The molecule has 24 heavy (non-hydrogen) atoms. The molecular formula is C17H26N2O4S. The minimum absolute atomic E-state index is 0.00152. The van der Waals surface area contributed by atoms with E-state index in [2.05, 4.69) is 5.32 Å². The number of carbonyl (C=O) groups is 1. The van der Waals surface area contributed by atoms with E-state index in [4.69, 9.17) is 4.74 Å². The van der Waals surface area contributed by atoms with Crippen LogP contribution in [0, 0.1) is 5.92 Å². The third-order valence-electron chi connectivity index (χ3n) is 4.31. The van der Waals surface area contributed by atoms with Crippen LogP contribution in [0.25, 0.3) is 0 Å². The lowest BCUT2D eigenvalue weighted by atomic mass is 9.97. The summed E-state index contributed by atoms with van der Waals surface area (Å²) in [5.41, 5.74) is 1.01. The van der Waals surface area contributed by atoms with Crippen molar-refractivity contribution in [1.82, 2.24) is 9.62 Å². The monoisotopic (exact) mass is 354 g/mol. The van der Waals surface area contributed by atoms with E-state index in [-0.39, 0.29) is 17.6 Å². The maximum atomic E-state index is 12.3. The average molecular weight is 354 g/mol. The predicted octanol–water partition coefficient (Wildman–Crippen LogP) is 1.76. The van der Waals surface area contributed by atoms with Crippen molar-refractivity contribution in [3.63, 3.8) is 0 Å². The highest BCUT2D eigenvalue weighted by Gasteiger charge is 2.30. The van der Waals surface area contributed by atoms with E-state index < -0.39 is 10.0 Å². The molecule has 0 bridgehead atoms. The van der Waals surface area contributed by atoms with E-state index >= 15 is 0 Å². The lowest BCUT2D eigenvalue weighted by Crippen LogP contribution is -2.43. The van der Waals surface area contributed by atoms with Crippen molar-refractivity contribution in [2.24, 2.45) is 5.92 Å². The first-order valence-corrected chi connectivity index (χ1v) is 9.95. The van der Waals surface area contributed by atoms with E-state index in [1.165, 1.54) is 4.31 Å². The quantitative estimate of drug-likeness (QED) is 0.810. The Kier molecular flexibility index (Phi) is 6.62. The van der Waals surface area contributed by atoms with Gasteiger partial charge in [-0.25, -0.2) is 12.7 Å². The minimum Gasteiger partial charge on any atom is -0.497 e. The van der Waals surface area contributed by atoms with Crippen LogP contribution in [0.1, 0.15) is 31.7 Å². The molecule has 1 aliphatic rings. The number of rotatable bonds is 7. The van der Waals surface area contributed by atoms with Gasteiger partial charge in [0.2, 0.25) is 15.9 Å². The van der Waals surface area contributed by atoms with Crippen LogP contribution in [-0.4, -0.2) is 44.6 Å². The van der Waals surface area contributed by atoms with Gasteiger partial charge in [0.1, 0.15) is 5.75 Å². The minimum atomic E-state index is -3.15. The first-order valence-electron chi connectivity index (χ1n) is 8.34. The van der Waals surface area contributed by atoms with Crippen LogP contribution in [0.2, 0.25) is 0 Å². The lowest BCUT2D eigenvalue weighted by Gasteiger charge is -2.30. The number of ether oxygens (including phenoxy) is 1. The van der Waals surface area contributed by atoms with Crippen molar-refractivity contribution >= 4 is 15.9 Å². The van der Waals surface area contributed by atoms with Gasteiger partial charge in [-0.1, -0.05) is 19.1 Å². The van der Waals surface area contributed by atoms with Crippen LogP contribution in [0.15, 0.2) is 24.3 Å². The number of hydrogen-bond acceptors (Lipinski definition) is 4. The fourth-order valence-electron chi connectivity index (χ4n) is 2.86. The second kappa shape index (κ2) is 8.48. The molecule has 6 nitrogen and oxygen atoms in total. The fourth-order valence-corrected chi connectivity index (χ4v) is 4.40. The Balaban J connectivity index is 1.80. The summed E-state index contributed by atoms with van der Waals surface area (Å²) < 4.78 is 30.7. The molecule has 134 valence electrons. The Morgan fingerprint density at radius 3 is 2.42 bits per heavy atom. The largest absolute Gasteiger partial charge is 0.497 e. The molecule has 7 heteroatoms. The molecule has 1 aromatic carbocycles. The SMILES string of the molecule is CCCS(=O)(=O)N1CCC(C(=O)NCc2ccc(OC)cc2)CC1. The summed E-state index contributed by atoms with van der Waals surface area (Å²) in [4.78, 5) is 12.3. The number of methoxy groups -OCH3 is 1. The molecule has 0 aliphatic carbocycles. The lowest BCUT2D eigenvalue weighted by molar-refractivity contribution is -0.126. The summed E-state index contributed by atoms with van der Waals surface area (Å²) in [7, 11) is -1.54. The summed E-state index contributed by atoms with van der Waals surface area (Å²) in [6.07, 6.45) is 1.78. The van der Waals surface area contributed by atoms with E-state index in [0.717, 1.165) is 11.3 Å². The highest BCUT2D eigenvalue weighted by molar-refractivity contribution is 7.89. The van der Waals surface area contributed by atoms with Crippen LogP contribution in [0.4, 0.5) is 0 Å². The Morgan fingerprint density at radius 1 is 1.25 bits per heavy atom. The molecule has 0 aromatic heterocycles. The van der Waals surface area contributed by atoms with Crippen LogP contribution in [0.5, 0.6) is 5.75 Å². The Bertz CT molecular complexity index is 635. The Hall–Kier alpha value is -1.60. The third-order valence-corrected chi connectivity index (χ3v) is 6.38. The van der Waals surface area contributed by atoms with Gasteiger partial charge in [-0.05, 0) is 37.0 Å². The van der Waals surface area contributed by atoms with Gasteiger partial charge in [-0.2, -0.15) is 0 Å². The van der Waals surface area contributed by atoms with E-state index in [1.807, 2.05) is 31.2 Å². The summed E-state index contributed by atoms with van der Waals surface area (Å²) >= 11 is 0. The normalized spacial score (nSPS) is 16.8. The molecule has 1 aliphatic heterocycles. The number of nitrogens with one attached hydrogen (secondary N) is 1. The van der Waals surface area contributed by atoms with Crippen molar-refractivity contribution in [2.75, 3.05) is 26.0 Å². The first kappa shape index (κ1) is 18.7. The van der Waals surface area contributed by atoms with Crippen LogP contribution in [0.3, 0.4) is 0 Å². The molecule has 1 N–H and O–H groups in total. The number of benzene rings is 1. The highest BCUT2D eigenvalue weighted by Crippen LogP contribution is 2.20. The van der Waals surface area contributed by atoms with Crippen molar-refractivity contribution in [2.45, 2.75) is 32.7 Å². The van der Waals surface area contributed by atoms with Crippen LogP contribution >= 0.6 is 0 Å². The second-order valence-corrected chi connectivity index (χ2v) is 8.14. The van der Waals surface area contributed by atoms with Gasteiger partial charge in [-0.3, -0.25) is 4.79 Å². The molecule has 1 fully saturated rings. The number of nitrogens with zero attached hydrogens (tertiary/aromatic N) is 1. The van der Waals surface area contributed by atoms with Gasteiger partial charge in [0.05, 0.1) is 12.9 Å². The van der Waals surface area contributed by atoms with Crippen molar-refractivity contribution in [3.05, 3.63) is 29.8 Å². The number of carbonyl (C=O) groups excluding carboxylic acids is 1. The average Bonchev–Trinajstić information content (AvgIpc) is 2.60. The molecule has 1 aromatic rings. The molecule has 0 unspecified atom stereocenters. The Labute approximate surface area is 144 Å². The second-order valence-electron chi connectivity index (χ2n) is 6.06. The number of sulfonamides is 1. The van der Waals surface area contributed by atoms with Crippen molar-refractivity contribution in [1.29, 1.82) is 0 Å². The third kappa shape index (κ3) is 4.95. The van der Waals surface area contributed by atoms with Gasteiger partial charge in [-0.15, -0.1) is 0 Å². The zero-order valence-electron chi connectivity index (χ0n) is 14.3. The molecule has 1 saturated heterocycles. The van der Waals surface area contributed by atoms with Gasteiger partial charge < -0.3 is 10.1 Å². The number of piperidine rings is 1. The zero-order valence-corrected chi connectivity index (χ0v) is 15.1. The smallest absolute Gasteiger partial charge is 0.223 e. The van der Waals surface area contributed by atoms with Crippen LogP contribution < -0.4 is 10.1 Å². The molecule has 0 spiro atoms. The first-order chi connectivity index (χ1) is 11.5. The van der Waals surface area contributed by atoms with Gasteiger partial charge in [0, 0.05) is 25.6 Å². The number of hydrogen-bond donors (Lipinski definition) is 1. The molecule has 1 heterocycles. The van der Waals surface area contributed by atoms with Gasteiger partial charge in [0.15, 0.2) is 0 Å². The van der Waals surface area contributed by atoms with Crippen molar-refractivity contribution in [3.8, 4) is 5.75 Å². The number of amides is 1. The fraction of sp³-hybridized carbons (Fsp3) is 0.588. The highest BCUT2D eigenvalue weighted by atomic mass is 32.2. The summed E-state index contributed by atoms with van der Waals surface area (Å²) in [6.45, 7) is 3.19. The van der Waals surface area contributed by atoms with Gasteiger partial charge in [0.25, 0.3) is 0 Å². The topological polar surface area (TPSA) is 75.7 Å². The van der Waals surface area contributed by atoms with Crippen LogP contribution in [-0.2, 0) is 21.4 Å². The van der Waals surface area contributed by atoms with Gasteiger partial charge >= 0.3 is 0 Å². The van der Waals surface area contributed by atoms with E-state index in [9.17, 15) is 13.2 Å². The molecule has 2 rings (SSSR count). The summed E-state index contributed by atoms with van der Waals surface area (Å²) in [5, 5.41) is 2.94. The van der Waals surface area contributed by atoms with E-state index in [1.54, 1.807) is 7.11 Å². The standard InChI is InChI=1S/C17H26N2O4S/c1-3-12-24(21,22)19-10-8-15(9-11-19)17(20)18-13-14-4-6-16(23-2)7-5-14/h4-7,15H,3,8-13H2,1-2H3,(H,18,20). The molecule has 0 atom stereocenters. The Morgan fingerprint density at radius 2 is 1.88 bits per heavy atom. The molecule has 0 radical (unpaired) electrons. The maximum Gasteiger partial charge on any atom is 0.223 e. The molecule has 1 amide bonds.